The lowest BCUT2D eigenvalue weighted by molar-refractivity contribution is -0.388. The molecule has 2 aromatic carbocycles. The monoisotopic (exact) mass is 451 g/mol. The van der Waals surface area contributed by atoms with Gasteiger partial charge >= 0.3 is 5.69 Å². The molecule has 1 aromatic heterocycles. The van der Waals surface area contributed by atoms with Gasteiger partial charge in [-0.05, 0) is 30.5 Å². The fraction of sp³-hybridized carbons (Fsp3) is 0.263. The molecular weight excluding hydrogens is 433 g/mol. The van der Waals surface area contributed by atoms with Crippen molar-refractivity contribution in [2.24, 2.45) is 0 Å². The second-order valence-electron chi connectivity index (χ2n) is 5.92. The minimum absolute atomic E-state index is 0.0150. The van der Waals surface area contributed by atoms with Crippen LogP contribution in [-0.2, 0) is 4.74 Å². The molecule has 0 N–H and O–H groups in total. The second kappa shape index (κ2) is 9.62. The van der Waals surface area contributed by atoms with E-state index in [0.717, 1.165) is 11.8 Å². The molecule has 0 aliphatic heterocycles. The van der Waals surface area contributed by atoms with Crippen molar-refractivity contribution in [1.29, 1.82) is 0 Å². The summed E-state index contributed by atoms with van der Waals surface area (Å²) in [5.74, 6) is -0.339. The van der Waals surface area contributed by atoms with Crippen LogP contribution >= 0.6 is 11.8 Å². The standard InChI is InChI=1S/C19H18FN3O7S/c1-26-9-29-13-7-10(5-6-12(13)20)18-21-19(30-22-18)11-8-14(27-2)16(28-3)15(23(24)25)17(11)31-4/h5-8H,9H2,1-4H3. The molecule has 0 saturated carbocycles. The summed E-state index contributed by atoms with van der Waals surface area (Å²) in [6.45, 7) is -0.135. The van der Waals surface area contributed by atoms with Crippen LogP contribution in [0.15, 0.2) is 33.7 Å². The number of nitro groups is 1. The van der Waals surface area contributed by atoms with E-state index in [4.69, 9.17) is 23.5 Å². The number of nitro benzene ring substituents is 1. The van der Waals surface area contributed by atoms with Crippen molar-refractivity contribution >= 4 is 17.4 Å². The molecule has 0 spiro atoms. The quantitative estimate of drug-likeness (QED) is 0.203. The molecule has 0 unspecified atom stereocenters. The Morgan fingerprint density at radius 3 is 2.58 bits per heavy atom. The van der Waals surface area contributed by atoms with Crippen molar-refractivity contribution in [3.05, 3.63) is 40.2 Å². The molecule has 0 saturated heterocycles. The van der Waals surface area contributed by atoms with Crippen molar-refractivity contribution in [1.82, 2.24) is 10.1 Å². The Morgan fingerprint density at radius 2 is 1.97 bits per heavy atom. The van der Waals surface area contributed by atoms with Gasteiger partial charge < -0.3 is 23.5 Å². The molecule has 10 nitrogen and oxygen atoms in total. The summed E-state index contributed by atoms with van der Waals surface area (Å²) in [5.41, 5.74) is 0.442. The number of nitrogens with zero attached hydrogens (tertiary/aromatic N) is 3. The normalized spacial score (nSPS) is 10.7. The van der Waals surface area contributed by atoms with Crippen molar-refractivity contribution in [3.63, 3.8) is 0 Å². The third-order valence-electron chi connectivity index (χ3n) is 4.16. The summed E-state index contributed by atoms with van der Waals surface area (Å²) in [7, 11) is 4.10. The van der Waals surface area contributed by atoms with Gasteiger partial charge in [0.05, 0.1) is 24.7 Å². The van der Waals surface area contributed by atoms with Crippen LogP contribution in [0.25, 0.3) is 22.8 Å². The molecule has 0 aliphatic carbocycles. The Hall–Kier alpha value is -3.38. The van der Waals surface area contributed by atoms with Crippen LogP contribution < -0.4 is 14.2 Å². The summed E-state index contributed by atoms with van der Waals surface area (Å²) >= 11 is 1.12. The van der Waals surface area contributed by atoms with E-state index in [0.29, 0.717) is 11.1 Å². The van der Waals surface area contributed by atoms with Gasteiger partial charge in [0.2, 0.25) is 11.6 Å². The zero-order valence-electron chi connectivity index (χ0n) is 17.0. The minimum atomic E-state index is -0.579. The van der Waals surface area contributed by atoms with E-state index in [1.54, 1.807) is 6.26 Å². The van der Waals surface area contributed by atoms with Crippen molar-refractivity contribution in [2.45, 2.75) is 4.90 Å². The lowest BCUT2D eigenvalue weighted by Gasteiger charge is -2.12. The highest BCUT2D eigenvalue weighted by molar-refractivity contribution is 7.98. The maximum absolute atomic E-state index is 13.9. The molecule has 0 bridgehead atoms. The largest absolute Gasteiger partial charge is 0.493 e. The number of methoxy groups -OCH3 is 3. The van der Waals surface area contributed by atoms with E-state index in [1.165, 1.54) is 45.6 Å². The molecule has 0 fully saturated rings. The smallest absolute Gasteiger partial charge is 0.329 e. The van der Waals surface area contributed by atoms with Crippen LogP contribution in [0.5, 0.6) is 17.2 Å². The molecule has 0 atom stereocenters. The van der Waals surface area contributed by atoms with Crippen LogP contribution in [0, 0.1) is 15.9 Å². The van der Waals surface area contributed by atoms with Gasteiger partial charge in [0.15, 0.2) is 24.1 Å². The Morgan fingerprint density at radius 1 is 1.19 bits per heavy atom. The van der Waals surface area contributed by atoms with Gasteiger partial charge in [0.1, 0.15) is 4.90 Å². The first kappa shape index (κ1) is 22.3. The van der Waals surface area contributed by atoms with Gasteiger partial charge in [-0.15, -0.1) is 11.8 Å². The number of halogens is 1. The zero-order valence-corrected chi connectivity index (χ0v) is 17.8. The fourth-order valence-corrected chi connectivity index (χ4v) is 3.54. The van der Waals surface area contributed by atoms with Gasteiger partial charge in [-0.1, -0.05) is 5.16 Å². The number of ether oxygens (including phenoxy) is 4. The lowest BCUT2D eigenvalue weighted by Crippen LogP contribution is -2.01. The summed E-state index contributed by atoms with van der Waals surface area (Å²) in [4.78, 5) is 15.8. The fourth-order valence-electron chi connectivity index (χ4n) is 2.82. The van der Waals surface area contributed by atoms with Crippen molar-refractivity contribution in [3.8, 4) is 40.1 Å². The molecule has 164 valence electrons. The van der Waals surface area contributed by atoms with E-state index in [-0.39, 0.29) is 46.3 Å². The Labute approximate surface area is 180 Å². The van der Waals surface area contributed by atoms with E-state index < -0.39 is 10.7 Å². The van der Waals surface area contributed by atoms with Crippen LogP contribution in [0.3, 0.4) is 0 Å². The first-order chi connectivity index (χ1) is 14.9. The predicted molar refractivity (Wildman–Crippen MR) is 109 cm³/mol. The highest BCUT2D eigenvalue weighted by Crippen LogP contribution is 2.48. The first-order valence-electron chi connectivity index (χ1n) is 8.68. The van der Waals surface area contributed by atoms with Crippen molar-refractivity contribution in [2.75, 3.05) is 34.4 Å². The molecule has 12 heteroatoms. The topological polar surface area (TPSA) is 119 Å². The average molecular weight is 451 g/mol. The van der Waals surface area contributed by atoms with Crippen molar-refractivity contribution < 1.29 is 32.8 Å². The molecule has 31 heavy (non-hydrogen) atoms. The van der Waals surface area contributed by atoms with Crippen LogP contribution in [0.2, 0.25) is 0 Å². The van der Waals surface area contributed by atoms with E-state index in [1.807, 2.05) is 0 Å². The number of benzene rings is 2. The number of hydrogen-bond donors (Lipinski definition) is 0. The third-order valence-corrected chi connectivity index (χ3v) is 4.98. The summed E-state index contributed by atoms with van der Waals surface area (Å²) < 4.78 is 39.7. The molecule has 3 aromatic rings. The molecule has 0 radical (unpaired) electrons. The van der Waals surface area contributed by atoms with Crippen LogP contribution in [-0.4, -0.2) is 49.4 Å². The van der Waals surface area contributed by atoms with Gasteiger partial charge in [-0.2, -0.15) is 4.98 Å². The average Bonchev–Trinajstić information content (AvgIpc) is 3.26. The van der Waals surface area contributed by atoms with E-state index in [2.05, 4.69) is 10.1 Å². The maximum atomic E-state index is 13.9. The van der Waals surface area contributed by atoms with E-state index in [9.17, 15) is 14.5 Å². The number of hydrogen-bond acceptors (Lipinski definition) is 10. The lowest BCUT2D eigenvalue weighted by atomic mass is 10.1. The maximum Gasteiger partial charge on any atom is 0.329 e. The minimum Gasteiger partial charge on any atom is -0.493 e. The number of rotatable bonds is 9. The number of aromatic nitrogens is 2. The van der Waals surface area contributed by atoms with Gasteiger partial charge in [-0.3, -0.25) is 10.1 Å². The molecular formula is C19H18FN3O7S. The van der Waals surface area contributed by atoms with Gasteiger partial charge in [0, 0.05) is 12.7 Å². The third kappa shape index (κ3) is 4.39. The highest BCUT2D eigenvalue weighted by Gasteiger charge is 2.31. The summed E-state index contributed by atoms with van der Waals surface area (Å²) in [6, 6.07) is 5.57. The van der Waals surface area contributed by atoms with Gasteiger partial charge in [-0.25, -0.2) is 4.39 Å². The second-order valence-corrected chi connectivity index (χ2v) is 6.73. The highest BCUT2D eigenvalue weighted by atomic mass is 32.2. The molecule has 0 aliphatic rings. The SMILES string of the molecule is COCOc1cc(-c2noc(-c3cc(OC)c(OC)c([N+](=O)[O-])c3SC)n2)ccc1F. The summed E-state index contributed by atoms with van der Waals surface area (Å²) in [5, 5.41) is 15.6. The first-order valence-corrected chi connectivity index (χ1v) is 9.90. The molecule has 3 rings (SSSR count). The Kier molecular flexibility index (Phi) is 6.92. The predicted octanol–water partition coefficient (Wildman–Crippen LogP) is 4.17. The molecule has 0 amide bonds. The summed E-state index contributed by atoms with van der Waals surface area (Å²) in [6.07, 6.45) is 1.68. The van der Waals surface area contributed by atoms with Crippen LogP contribution in [0.4, 0.5) is 10.1 Å². The molecule has 1 heterocycles. The Bertz CT molecular complexity index is 1110. The van der Waals surface area contributed by atoms with Gasteiger partial charge in [0.25, 0.3) is 5.89 Å². The van der Waals surface area contributed by atoms with Crippen LogP contribution in [0.1, 0.15) is 0 Å². The Balaban J connectivity index is 2.11. The number of thioether (sulfide) groups is 1. The van der Waals surface area contributed by atoms with E-state index >= 15 is 0 Å². The zero-order chi connectivity index (χ0) is 22.5.